The maximum atomic E-state index is 11.3. The molecule has 1 rings (SSSR count). The van der Waals surface area contributed by atoms with E-state index in [1.807, 2.05) is 0 Å². The van der Waals surface area contributed by atoms with E-state index in [0.29, 0.717) is 18.1 Å². The van der Waals surface area contributed by atoms with E-state index >= 15 is 0 Å². The molecule has 0 aliphatic carbocycles. The van der Waals surface area contributed by atoms with Gasteiger partial charge in [-0.05, 0) is 6.92 Å². The smallest absolute Gasteiger partial charge is 0.404 e. The number of rotatable bonds is 4. The van der Waals surface area contributed by atoms with Gasteiger partial charge in [0.1, 0.15) is 11.5 Å². The largest absolute Gasteiger partial charge is 0.465 e. The third kappa shape index (κ3) is 2.73. The fraction of sp³-hybridized carbons (Fsp3) is 0.444. The summed E-state index contributed by atoms with van der Waals surface area (Å²) in [5.74, 6) is 0.392. The van der Waals surface area contributed by atoms with E-state index in [-0.39, 0.29) is 17.5 Å². The van der Waals surface area contributed by atoms with E-state index in [1.54, 1.807) is 11.5 Å². The van der Waals surface area contributed by atoms with Crippen molar-refractivity contribution in [2.24, 2.45) is 0 Å². The van der Waals surface area contributed by atoms with Gasteiger partial charge in [0, 0.05) is 20.0 Å². The summed E-state index contributed by atoms with van der Waals surface area (Å²) < 4.78 is 1.60. The molecule has 1 heterocycles. The fourth-order valence-corrected chi connectivity index (χ4v) is 1.77. The number of hydrogen-bond acceptors (Lipinski definition) is 3. The van der Waals surface area contributed by atoms with Crippen LogP contribution in [-0.2, 0) is 6.54 Å². The Bertz CT molecular complexity index is 428. The van der Waals surface area contributed by atoms with E-state index in [1.165, 1.54) is 6.92 Å². The maximum Gasteiger partial charge on any atom is 0.404 e. The van der Waals surface area contributed by atoms with Crippen molar-refractivity contribution in [3.8, 4) is 0 Å². The van der Waals surface area contributed by atoms with Gasteiger partial charge in [-0.15, -0.1) is 0 Å². The van der Waals surface area contributed by atoms with E-state index in [0.717, 1.165) is 0 Å². The van der Waals surface area contributed by atoms with E-state index in [4.69, 9.17) is 16.7 Å². The minimum absolute atomic E-state index is 0.153. The molecule has 0 bridgehead atoms. The minimum atomic E-state index is -1.10. The fourth-order valence-electron chi connectivity index (χ4n) is 1.41. The summed E-state index contributed by atoms with van der Waals surface area (Å²) in [7, 11) is 0. The average molecular weight is 246 g/mol. The van der Waals surface area contributed by atoms with Crippen LogP contribution in [0.15, 0.2) is 0 Å². The molecule has 0 saturated carbocycles. The lowest BCUT2D eigenvalue weighted by molar-refractivity contribution is 0.100. The SMILES string of the molecule is CC(=O)c1c(Cl)nc(C)n1CCNC(=O)O. The Morgan fingerprint density at radius 2 is 2.19 bits per heavy atom. The Labute approximate surface area is 97.2 Å². The number of carbonyl (C=O) groups excluding carboxylic acids is 1. The first-order chi connectivity index (χ1) is 7.43. The number of amides is 1. The number of Topliss-reactive ketones (excluding diaryl/α,β-unsaturated/α-hetero) is 1. The number of nitrogens with zero attached hydrogens (tertiary/aromatic N) is 2. The van der Waals surface area contributed by atoms with Gasteiger partial charge >= 0.3 is 6.09 Å². The number of ketones is 1. The second kappa shape index (κ2) is 4.98. The molecule has 1 amide bonds. The van der Waals surface area contributed by atoms with Gasteiger partial charge in [-0.1, -0.05) is 11.6 Å². The Balaban J connectivity index is 2.86. The second-order valence-electron chi connectivity index (χ2n) is 3.24. The molecule has 7 heteroatoms. The van der Waals surface area contributed by atoms with Crippen LogP contribution < -0.4 is 5.32 Å². The third-order valence-electron chi connectivity index (χ3n) is 2.06. The zero-order chi connectivity index (χ0) is 12.3. The van der Waals surface area contributed by atoms with Gasteiger partial charge in [-0.25, -0.2) is 9.78 Å². The molecule has 0 aliphatic heterocycles. The Hall–Kier alpha value is -1.56. The highest BCUT2D eigenvalue weighted by Crippen LogP contribution is 2.17. The van der Waals surface area contributed by atoms with Crippen LogP contribution in [0, 0.1) is 6.92 Å². The van der Waals surface area contributed by atoms with Crippen LogP contribution in [0.4, 0.5) is 4.79 Å². The summed E-state index contributed by atoms with van der Waals surface area (Å²) in [5.41, 5.74) is 0.311. The molecule has 0 spiro atoms. The second-order valence-corrected chi connectivity index (χ2v) is 3.60. The van der Waals surface area contributed by atoms with Crippen molar-refractivity contribution in [3.05, 3.63) is 16.7 Å². The van der Waals surface area contributed by atoms with Crippen LogP contribution in [0.1, 0.15) is 23.2 Å². The molecule has 0 radical (unpaired) electrons. The predicted octanol–water partition coefficient (Wildman–Crippen LogP) is 1.32. The molecule has 0 aromatic carbocycles. The van der Waals surface area contributed by atoms with Gasteiger partial charge in [0.25, 0.3) is 0 Å². The Morgan fingerprint density at radius 3 is 2.69 bits per heavy atom. The molecule has 2 N–H and O–H groups in total. The summed E-state index contributed by atoms with van der Waals surface area (Å²) in [4.78, 5) is 25.5. The molecule has 1 aromatic heterocycles. The Kier molecular flexibility index (Phi) is 3.89. The normalized spacial score (nSPS) is 10.2. The highest BCUT2D eigenvalue weighted by atomic mass is 35.5. The van der Waals surface area contributed by atoms with Crippen LogP contribution >= 0.6 is 11.6 Å². The minimum Gasteiger partial charge on any atom is -0.465 e. The van der Waals surface area contributed by atoms with Gasteiger partial charge in [0.15, 0.2) is 10.9 Å². The molecule has 1 aromatic rings. The maximum absolute atomic E-state index is 11.3. The van der Waals surface area contributed by atoms with Gasteiger partial charge < -0.3 is 15.0 Å². The zero-order valence-electron chi connectivity index (χ0n) is 8.95. The summed E-state index contributed by atoms with van der Waals surface area (Å²) in [6.07, 6.45) is -1.10. The monoisotopic (exact) mass is 245 g/mol. The van der Waals surface area contributed by atoms with Crippen molar-refractivity contribution < 1.29 is 14.7 Å². The molecule has 88 valence electrons. The highest BCUT2D eigenvalue weighted by Gasteiger charge is 2.16. The number of carbonyl (C=O) groups is 2. The third-order valence-corrected chi connectivity index (χ3v) is 2.32. The van der Waals surface area contributed by atoms with Crippen molar-refractivity contribution in [3.63, 3.8) is 0 Å². The number of aromatic nitrogens is 2. The van der Waals surface area contributed by atoms with Crippen LogP contribution in [0.2, 0.25) is 5.15 Å². The lowest BCUT2D eigenvalue weighted by Gasteiger charge is -2.08. The van der Waals surface area contributed by atoms with Crippen molar-refractivity contribution in [2.45, 2.75) is 20.4 Å². The van der Waals surface area contributed by atoms with Crippen LogP contribution in [0.3, 0.4) is 0 Å². The van der Waals surface area contributed by atoms with E-state index < -0.39 is 6.09 Å². The van der Waals surface area contributed by atoms with Crippen LogP contribution in [0.5, 0.6) is 0 Å². The summed E-state index contributed by atoms with van der Waals surface area (Å²) in [5, 5.41) is 10.8. The van der Waals surface area contributed by atoms with Gasteiger partial charge in [0.2, 0.25) is 0 Å². The number of nitrogens with one attached hydrogen (secondary N) is 1. The quantitative estimate of drug-likeness (QED) is 0.784. The summed E-state index contributed by atoms with van der Waals surface area (Å²) in [6.45, 7) is 3.62. The Morgan fingerprint density at radius 1 is 1.56 bits per heavy atom. The highest BCUT2D eigenvalue weighted by molar-refractivity contribution is 6.32. The molecule has 0 fully saturated rings. The molecule has 0 saturated heterocycles. The van der Waals surface area contributed by atoms with Gasteiger partial charge in [0.05, 0.1) is 0 Å². The standard InChI is InChI=1S/C9H12ClN3O3/c1-5(14)7-8(10)12-6(2)13(7)4-3-11-9(15)16/h11H,3-4H2,1-2H3,(H,15,16). The molecular formula is C9H12ClN3O3. The van der Waals surface area contributed by atoms with Crippen molar-refractivity contribution >= 4 is 23.5 Å². The number of hydrogen-bond donors (Lipinski definition) is 2. The lowest BCUT2D eigenvalue weighted by atomic mass is 10.3. The first-order valence-electron chi connectivity index (χ1n) is 4.64. The number of imidazole rings is 1. The predicted molar refractivity (Wildman–Crippen MR) is 58.0 cm³/mol. The van der Waals surface area contributed by atoms with Gasteiger partial charge in [-0.3, -0.25) is 4.79 Å². The van der Waals surface area contributed by atoms with E-state index in [2.05, 4.69) is 10.3 Å². The van der Waals surface area contributed by atoms with Crippen LogP contribution in [-0.4, -0.2) is 33.1 Å². The molecule has 0 atom stereocenters. The summed E-state index contributed by atoms with van der Waals surface area (Å²) in [6, 6.07) is 0. The number of halogens is 1. The molecule has 0 unspecified atom stereocenters. The topological polar surface area (TPSA) is 84.2 Å². The van der Waals surface area contributed by atoms with Crippen molar-refractivity contribution in [1.82, 2.24) is 14.9 Å². The van der Waals surface area contributed by atoms with E-state index in [9.17, 15) is 9.59 Å². The molecular weight excluding hydrogens is 234 g/mol. The number of carboxylic acid groups (broad SMARTS) is 1. The van der Waals surface area contributed by atoms with Crippen molar-refractivity contribution in [1.29, 1.82) is 0 Å². The summed E-state index contributed by atoms with van der Waals surface area (Å²) >= 11 is 5.80. The first kappa shape index (κ1) is 12.5. The number of aryl methyl sites for hydroxylation is 1. The molecule has 6 nitrogen and oxygen atoms in total. The lowest BCUT2D eigenvalue weighted by Crippen LogP contribution is -2.26. The molecule has 0 aliphatic rings. The average Bonchev–Trinajstić information content (AvgIpc) is 2.40. The zero-order valence-corrected chi connectivity index (χ0v) is 9.71. The van der Waals surface area contributed by atoms with Crippen molar-refractivity contribution in [2.75, 3.05) is 6.54 Å². The molecule has 16 heavy (non-hydrogen) atoms. The van der Waals surface area contributed by atoms with Crippen LogP contribution in [0.25, 0.3) is 0 Å². The van der Waals surface area contributed by atoms with Gasteiger partial charge in [-0.2, -0.15) is 0 Å². The first-order valence-corrected chi connectivity index (χ1v) is 5.01.